The van der Waals surface area contributed by atoms with E-state index < -0.39 is 35.6 Å². The molecule has 0 spiro atoms. The predicted octanol–water partition coefficient (Wildman–Crippen LogP) is 1.17. The van der Waals surface area contributed by atoms with Gasteiger partial charge >= 0.3 is 5.97 Å². The first-order valence-electron chi connectivity index (χ1n) is 4.22. The lowest BCUT2D eigenvalue weighted by molar-refractivity contribution is -0.139. The maximum absolute atomic E-state index is 13.2. The highest BCUT2D eigenvalue weighted by Crippen LogP contribution is 2.15. The number of carbonyl (C=O) groups is 1. The Bertz CT molecular complexity index is 456. The number of nitrogens with one attached hydrogen (secondary N) is 1. The number of hydrogen-bond acceptors (Lipinski definition) is 3. The van der Waals surface area contributed by atoms with Gasteiger partial charge in [-0.15, -0.1) is 0 Å². The van der Waals surface area contributed by atoms with Gasteiger partial charge in [0, 0.05) is 6.20 Å². The summed E-state index contributed by atoms with van der Waals surface area (Å²) in [5, 5.41) is 0. The van der Waals surface area contributed by atoms with Gasteiger partial charge in [0.2, 0.25) is 5.43 Å². The van der Waals surface area contributed by atoms with Gasteiger partial charge in [-0.3, -0.25) is 9.59 Å². The molecule has 0 aliphatic rings. The van der Waals surface area contributed by atoms with E-state index in [2.05, 4.69) is 9.72 Å². The molecule has 0 saturated heterocycles. The monoisotopic (exact) mass is 235 g/mol. The molecule has 4 nitrogen and oxygen atoms in total. The molecule has 0 aromatic carbocycles. The van der Waals surface area contributed by atoms with Gasteiger partial charge in [-0.25, -0.2) is 13.2 Å². The zero-order valence-electron chi connectivity index (χ0n) is 8.22. The van der Waals surface area contributed by atoms with Crippen molar-refractivity contribution in [2.45, 2.75) is 12.8 Å². The molecule has 0 amide bonds. The first-order valence-corrected chi connectivity index (χ1v) is 4.22. The number of H-pyrrole nitrogens is 1. The minimum atomic E-state index is -3.06. The average molecular weight is 235 g/mol. The molecule has 1 N–H and O–H groups in total. The van der Waals surface area contributed by atoms with Crippen molar-refractivity contribution in [1.29, 1.82) is 0 Å². The summed E-state index contributed by atoms with van der Waals surface area (Å²) in [4.78, 5) is 24.0. The second-order valence-corrected chi connectivity index (χ2v) is 2.92. The Hall–Kier alpha value is -1.79. The summed E-state index contributed by atoms with van der Waals surface area (Å²) in [7, 11) is 1.09. The lowest BCUT2D eigenvalue weighted by Gasteiger charge is -2.04. The molecule has 0 fully saturated rings. The van der Waals surface area contributed by atoms with Crippen LogP contribution in [0, 0.1) is 5.82 Å². The highest BCUT2D eigenvalue weighted by atomic mass is 19.3. The van der Waals surface area contributed by atoms with E-state index in [-0.39, 0.29) is 5.69 Å². The summed E-state index contributed by atoms with van der Waals surface area (Å²) in [6.07, 6.45) is -2.89. The van der Waals surface area contributed by atoms with E-state index >= 15 is 0 Å². The summed E-state index contributed by atoms with van der Waals surface area (Å²) in [6, 6.07) is 0. The Kier molecular flexibility index (Phi) is 3.70. The molecule has 0 atom stereocenters. The van der Waals surface area contributed by atoms with Crippen molar-refractivity contribution in [1.82, 2.24) is 4.98 Å². The van der Waals surface area contributed by atoms with E-state index in [0.29, 0.717) is 6.20 Å². The molecule has 0 saturated carbocycles. The van der Waals surface area contributed by atoms with E-state index in [0.717, 1.165) is 7.11 Å². The molecular formula is C9H8F3NO3. The number of esters is 1. The fraction of sp³-hybridized carbons (Fsp3) is 0.333. The molecular weight excluding hydrogens is 227 g/mol. The van der Waals surface area contributed by atoms with Gasteiger partial charge in [-0.1, -0.05) is 0 Å². The van der Waals surface area contributed by atoms with Gasteiger partial charge in [0.1, 0.15) is 0 Å². The fourth-order valence-electron chi connectivity index (χ4n) is 1.06. The van der Waals surface area contributed by atoms with Crippen molar-refractivity contribution >= 4 is 5.97 Å². The van der Waals surface area contributed by atoms with E-state index in [1.165, 1.54) is 0 Å². The SMILES string of the molecule is COC(=O)Cc1[nH]cc(C(F)F)c(=O)c1F. The minimum Gasteiger partial charge on any atom is -0.469 e. The highest BCUT2D eigenvalue weighted by Gasteiger charge is 2.19. The van der Waals surface area contributed by atoms with E-state index in [1.807, 2.05) is 0 Å². The van der Waals surface area contributed by atoms with Crippen LogP contribution in [-0.2, 0) is 16.0 Å². The number of hydrogen-bond donors (Lipinski definition) is 1. The summed E-state index contributed by atoms with van der Waals surface area (Å²) in [5.74, 6) is -2.16. The second-order valence-electron chi connectivity index (χ2n) is 2.92. The number of aromatic amines is 1. The standard InChI is InChI=1S/C9H8F3NO3/c1-16-6(14)2-5-7(10)8(15)4(3-13-5)9(11)12/h3,9H,2H2,1H3,(H,13,15). The van der Waals surface area contributed by atoms with Crippen LogP contribution in [0.15, 0.2) is 11.0 Å². The maximum Gasteiger partial charge on any atom is 0.311 e. The first kappa shape index (κ1) is 12.3. The third-order valence-corrected chi connectivity index (χ3v) is 1.91. The van der Waals surface area contributed by atoms with Crippen LogP contribution in [0.4, 0.5) is 13.2 Å². The maximum atomic E-state index is 13.2. The fourth-order valence-corrected chi connectivity index (χ4v) is 1.06. The van der Waals surface area contributed by atoms with Crippen LogP contribution in [0.3, 0.4) is 0 Å². The number of halogens is 3. The first-order chi connectivity index (χ1) is 7.47. The van der Waals surface area contributed by atoms with Crippen molar-refractivity contribution < 1.29 is 22.7 Å². The van der Waals surface area contributed by atoms with Gasteiger partial charge in [0.05, 0.1) is 24.8 Å². The van der Waals surface area contributed by atoms with Crippen LogP contribution in [0.5, 0.6) is 0 Å². The average Bonchev–Trinajstić information content (AvgIpc) is 2.24. The van der Waals surface area contributed by atoms with Gasteiger partial charge in [-0.05, 0) is 0 Å². The number of pyridine rings is 1. The van der Waals surface area contributed by atoms with E-state index in [9.17, 15) is 22.8 Å². The molecule has 0 unspecified atom stereocenters. The number of ether oxygens (including phenoxy) is 1. The van der Waals surface area contributed by atoms with E-state index in [1.54, 1.807) is 0 Å². The van der Waals surface area contributed by atoms with Gasteiger partial charge in [-0.2, -0.15) is 0 Å². The zero-order valence-corrected chi connectivity index (χ0v) is 8.22. The number of methoxy groups -OCH3 is 1. The lowest BCUT2D eigenvalue weighted by atomic mass is 10.2. The summed E-state index contributed by atoms with van der Waals surface area (Å²) >= 11 is 0. The van der Waals surface area contributed by atoms with Gasteiger partial charge in [0.15, 0.2) is 5.82 Å². The third-order valence-electron chi connectivity index (χ3n) is 1.91. The smallest absolute Gasteiger partial charge is 0.311 e. The minimum absolute atomic E-state index is 0.374. The van der Waals surface area contributed by atoms with Crippen LogP contribution in [0.25, 0.3) is 0 Å². The predicted molar refractivity (Wildman–Crippen MR) is 47.7 cm³/mol. The van der Waals surface area contributed by atoms with Crippen molar-refractivity contribution in [3.63, 3.8) is 0 Å². The molecule has 88 valence electrons. The van der Waals surface area contributed by atoms with E-state index in [4.69, 9.17) is 0 Å². The largest absolute Gasteiger partial charge is 0.469 e. The van der Waals surface area contributed by atoms with Crippen molar-refractivity contribution in [2.24, 2.45) is 0 Å². The molecule has 0 aliphatic heterocycles. The number of rotatable bonds is 3. The van der Waals surface area contributed by atoms with Crippen LogP contribution < -0.4 is 5.43 Å². The van der Waals surface area contributed by atoms with Crippen LogP contribution in [0.2, 0.25) is 0 Å². The Morgan fingerprint density at radius 2 is 2.19 bits per heavy atom. The molecule has 1 rings (SSSR count). The van der Waals surface area contributed by atoms with Gasteiger partial charge in [0.25, 0.3) is 6.43 Å². The summed E-state index contributed by atoms with van der Waals surface area (Å²) in [5.41, 5.74) is -2.75. The van der Waals surface area contributed by atoms with Crippen LogP contribution >= 0.6 is 0 Å². The van der Waals surface area contributed by atoms with Crippen molar-refractivity contribution in [3.8, 4) is 0 Å². The van der Waals surface area contributed by atoms with Crippen molar-refractivity contribution in [2.75, 3.05) is 7.11 Å². The zero-order chi connectivity index (χ0) is 12.3. The quantitative estimate of drug-likeness (QED) is 0.800. The molecule has 0 aliphatic carbocycles. The number of carbonyl (C=O) groups excluding carboxylic acids is 1. The number of aromatic nitrogens is 1. The molecule has 0 bridgehead atoms. The highest BCUT2D eigenvalue weighted by molar-refractivity contribution is 5.71. The molecule has 1 aromatic rings. The Morgan fingerprint density at radius 3 is 2.69 bits per heavy atom. The third kappa shape index (κ3) is 2.41. The topological polar surface area (TPSA) is 59.2 Å². The molecule has 1 heterocycles. The molecule has 0 radical (unpaired) electrons. The Balaban J connectivity index is 3.12. The molecule has 1 aromatic heterocycles. The lowest BCUT2D eigenvalue weighted by Crippen LogP contribution is -2.19. The normalized spacial score (nSPS) is 10.6. The summed E-state index contributed by atoms with van der Waals surface area (Å²) < 4.78 is 41.9. The Morgan fingerprint density at radius 1 is 1.56 bits per heavy atom. The van der Waals surface area contributed by atoms with Gasteiger partial charge < -0.3 is 9.72 Å². The van der Waals surface area contributed by atoms with Crippen LogP contribution in [-0.4, -0.2) is 18.1 Å². The Labute approximate surface area is 88.0 Å². The van der Waals surface area contributed by atoms with Crippen LogP contribution in [0.1, 0.15) is 17.7 Å². The molecule has 7 heteroatoms. The van der Waals surface area contributed by atoms with Crippen molar-refractivity contribution in [3.05, 3.63) is 33.5 Å². The number of alkyl halides is 2. The summed E-state index contributed by atoms with van der Waals surface area (Å²) in [6.45, 7) is 0. The second kappa shape index (κ2) is 4.82. The molecule has 16 heavy (non-hydrogen) atoms.